The molecule has 0 spiro atoms. The Labute approximate surface area is 147 Å². The quantitative estimate of drug-likeness (QED) is 0.663. The van der Waals surface area contributed by atoms with E-state index in [0.29, 0.717) is 24.6 Å². The fourth-order valence-corrected chi connectivity index (χ4v) is 4.16. The molecule has 132 valence electrons. The third-order valence-corrected chi connectivity index (χ3v) is 6.06. The van der Waals surface area contributed by atoms with Crippen LogP contribution >= 0.6 is 0 Å². The van der Waals surface area contributed by atoms with Gasteiger partial charge in [0.05, 0.1) is 0 Å². The maximum absolute atomic E-state index is 5.97. The van der Waals surface area contributed by atoms with Crippen LogP contribution in [0.4, 0.5) is 0 Å². The molecule has 0 aromatic heterocycles. The van der Waals surface area contributed by atoms with Gasteiger partial charge in [0.2, 0.25) is 0 Å². The Balaban J connectivity index is 1.56. The lowest BCUT2D eigenvalue weighted by Gasteiger charge is -2.38. The minimum atomic E-state index is 0.546. The molecule has 3 heteroatoms. The number of rotatable bonds is 8. The first-order valence-electron chi connectivity index (χ1n) is 9.38. The first-order chi connectivity index (χ1) is 11.6. The van der Waals surface area contributed by atoms with Gasteiger partial charge in [-0.05, 0) is 57.7 Å². The molecule has 0 amide bonds. The predicted octanol–water partition coefficient (Wildman–Crippen LogP) is 4.26. The van der Waals surface area contributed by atoms with E-state index in [2.05, 4.69) is 49.5 Å². The molecule has 0 N–H and O–H groups in total. The van der Waals surface area contributed by atoms with Crippen LogP contribution in [0.15, 0.2) is 42.8 Å². The summed E-state index contributed by atoms with van der Waals surface area (Å²) in [4.78, 5) is 4.89. The molecule has 3 unspecified atom stereocenters. The lowest BCUT2D eigenvalue weighted by molar-refractivity contribution is 0.0615. The van der Waals surface area contributed by atoms with Crippen molar-refractivity contribution >= 4 is 0 Å². The van der Waals surface area contributed by atoms with Gasteiger partial charge in [-0.2, -0.15) is 0 Å². The molecule has 0 radical (unpaired) electrons. The summed E-state index contributed by atoms with van der Waals surface area (Å²) in [5, 5.41) is 0. The molecule has 2 saturated carbocycles. The largest absolute Gasteiger partial charge is 0.475 e. The summed E-state index contributed by atoms with van der Waals surface area (Å²) in [6, 6.07) is 12.3. The highest BCUT2D eigenvalue weighted by atomic mass is 16.5. The zero-order valence-electron chi connectivity index (χ0n) is 15.4. The smallest absolute Gasteiger partial charge is 0.182 e. The Morgan fingerprint density at radius 3 is 2.54 bits per heavy atom. The highest BCUT2D eigenvalue weighted by Crippen LogP contribution is 2.38. The molecular formula is C21H32N2O. The van der Waals surface area contributed by atoms with Crippen LogP contribution < -0.4 is 0 Å². The van der Waals surface area contributed by atoms with Crippen molar-refractivity contribution < 1.29 is 4.74 Å². The zero-order chi connectivity index (χ0) is 17.1. The van der Waals surface area contributed by atoms with Crippen LogP contribution in [0.25, 0.3) is 0 Å². The van der Waals surface area contributed by atoms with Gasteiger partial charge in [0.25, 0.3) is 0 Å². The predicted molar refractivity (Wildman–Crippen MR) is 99.5 cm³/mol. The first kappa shape index (κ1) is 17.3. The van der Waals surface area contributed by atoms with Crippen molar-refractivity contribution in [3.05, 3.63) is 48.4 Å². The fraction of sp³-hybridized carbons (Fsp3) is 0.619. The Morgan fingerprint density at radius 2 is 1.88 bits per heavy atom. The van der Waals surface area contributed by atoms with E-state index in [0.717, 1.165) is 11.9 Å². The van der Waals surface area contributed by atoms with Crippen molar-refractivity contribution in [3.63, 3.8) is 0 Å². The summed E-state index contributed by atoms with van der Waals surface area (Å²) in [6.45, 7) is 7.19. The highest BCUT2D eigenvalue weighted by molar-refractivity contribution is 5.13. The minimum absolute atomic E-state index is 0.546. The van der Waals surface area contributed by atoms with E-state index in [1.54, 1.807) is 0 Å². The van der Waals surface area contributed by atoms with Crippen molar-refractivity contribution in [2.75, 3.05) is 14.1 Å². The lowest BCUT2D eigenvalue weighted by Crippen LogP contribution is -2.45. The zero-order valence-corrected chi connectivity index (χ0v) is 15.4. The molecule has 1 aromatic carbocycles. The van der Waals surface area contributed by atoms with Crippen molar-refractivity contribution in [1.29, 1.82) is 0 Å². The SMILES string of the molecule is C=C(OCc1ccccc1)N(C)C1CCCC1C(C)N(C)C1CC1. The molecule has 0 saturated heterocycles. The van der Waals surface area contributed by atoms with Crippen molar-refractivity contribution in [3.8, 4) is 0 Å². The van der Waals surface area contributed by atoms with E-state index in [4.69, 9.17) is 4.74 Å². The second kappa shape index (κ2) is 7.60. The minimum Gasteiger partial charge on any atom is -0.475 e. The van der Waals surface area contributed by atoms with E-state index in [-0.39, 0.29) is 0 Å². The fourth-order valence-electron chi connectivity index (χ4n) is 4.16. The molecule has 2 aliphatic carbocycles. The van der Waals surface area contributed by atoms with Gasteiger partial charge in [0.1, 0.15) is 6.61 Å². The summed E-state index contributed by atoms with van der Waals surface area (Å²) in [5.74, 6) is 1.51. The van der Waals surface area contributed by atoms with Gasteiger partial charge in [-0.1, -0.05) is 36.8 Å². The van der Waals surface area contributed by atoms with Gasteiger partial charge in [-0.3, -0.25) is 0 Å². The molecule has 3 rings (SSSR count). The third kappa shape index (κ3) is 3.94. The summed E-state index contributed by atoms with van der Waals surface area (Å²) in [7, 11) is 4.46. The average molecular weight is 329 g/mol. The number of hydrogen-bond donors (Lipinski definition) is 0. The molecule has 0 bridgehead atoms. The van der Waals surface area contributed by atoms with Gasteiger partial charge >= 0.3 is 0 Å². The molecule has 24 heavy (non-hydrogen) atoms. The topological polar surface area (TPSA) is 15.7 Å². The Kier molecular flexibility index (Phi) is 5.50. The molecule has 3 atom stereocenters. The average Bonchev–Trinajstić information content (AvgIpc) is 3.35. The van der Waals surface area contributed by atoms with E-state index >= 15 is 0 Å². The molecule has 1 aromatic rings. The normalized spacial score (nSPS) is 24.8. The van der Waals surface area contributed by atoms with Crippen LogP contribution in [-0.4, -0.2) is 42.0 Å². The molecule has 0 heterocycles. The van der Waals surface area contributed by atoms with Gasteiger partial charge < -0.3 is 14.5 Å². The molecule has 0 aliphatic heterocycles. The summed E-state index contributed by atoms with van der Waals surface area (Å²) < 4.78 is 5.97. The maximum Gasteiger partial charge on any atom is 0.182 e. The van der Waals surface area contributed by atoms with Gasteiger partial charge in [-0.15, -0.1) is 0 Å². The van der Waals surface area contributed by atoms with Crippen molar-refractivity contribution in [2.24, 2.45) is 5.92 Å². The van der Waals surface area contributed by atoms with Crippen molar-refractivity contribution in [1.82, 2.24) is 9.80 Å². The molecule has 2 aliphatic rings. The molecular weight excluding hydrogens is 296 g/mol. The Morgan fingerprint density at radius 1 is 1.17 bits per heavy atom. The second-order valence-electron chi connectivity index (χ2n) is 7.58. The van der Waals surface area contributed by atoms with Crippen LogP contribution in [0.3, 0.4) is 0 Å². The van der Waals surface area contributed by atoms with E-state index in [1.165, 1.54) is 37.7 Å². The van der Waals surface area contributed by atoms with Crippen LogP contribution in [0, 0.1) is 5.92 Å². The van der Waals surface area contributed by atoms with Crippen LogP contribution in [0.2, 0.25) is 0 Å². The van der Waals surface area contributed by atoms with Gasteiger partial charge in [0, 0.05) is 25.2 Å². The van der Waals surface area contributed by atoms with Crippen LogP contribution in [0.1, 0.15) is 44.6 Å². The van der Waals surface area contributed by atoms with Crippen molar-refractivity contribution in [2.45, 2.75) is 63.8 Å². The third-order valence-electron chi connectivity index (χ3n) is 6.06. The molecule has 2 fully saturated rings. The number of nitrogens with zero attached hydrogens (tertiary/aromatic N) is 2. The summed E-state index contributed by atoms with van der Waals surface area (Å²) in [5.41, 5.74) is 1.19. The Hall–Kier alpha value is -1.48. The number of ether oxygens (including phenoxy) is 1. The Bertz CT molecular complexity index is 540. The maximum atomic E-state index is 5.97. The summed E-state index contributed by atoms with van der Waals surface area (Å²) in [6.07, 6.45) is 6.63. The molecule has 3 nitrogen and oxygen atoms in total. The first-order valence-corrected chi connectivity index (χ1v) is 9.38. The van der Waals surface area contributed by atoms with E-state index < -0.39 is 0 Å². The standard InChI is InChI=1S/C21H32N2O/c1-16(22(3)19-13-14-19)20-11-8-12-21(20)23(4)17(2)24-15-18-9-6-5-7-10-18/h5-7,9-10,16,19-21H,2,8,11-15H2,1,3-4H3. The monoisotopic (exact) mass is 328 g/mol. The van der Waals surface area contributed by atoms with E-state index in [1.807, 2.05) is 18.2 Å². The van der Waals surface area contributed by atoms with E-state index in [9.17, 15) is 0 Å². The number of hydrogen-bond acceptors (Lipinski definition) is 3. The number of benzene rings is 1. The highest BCUT2D eigenvalue weighted by Gasteiger charge is 2.39. The second-order valence-corrected chi connectivity index (χ2v) is 7.58. The van der Waals surface area contributed by atoms with Crippen LogP contribution in [0.5, 0.6) is 0 Å². The van der Waals surface area contributed by atoms with Crippen LogP contribution in [-0.2, 0) is 11.3 Å². The van der Waals surface area contributed by atoms with Gasteiger partial charge in [0.15, 0.2) is 5.88 Å². The summed E-state index contributed by atoms with van der Waals surface area (Å²) >= 11 is 0. The van der Waals surface area contributed by atoms with Gasteiger partial charge in [-0.25, -0.2) is 0 Å². The lowest BCUT2D eigenvalue weighted by atomic mass is 9.93.